The summed E-state index contributed by atoms with van der Waals surface area (Å²) < 4.78 is 9.76. The standard InChI is InChI=1S/C18H23N5O/c1-14(13-23-11-7-10-20-23)19-12-17-15(2)21-22(3)18(17)24-16-8-5-4-6-9-16/h4-11,14,19H,12-13H2,1-3H3/t14-/m0/s1. The Morgan fingerprint density at radius 2 is 2.00 bits per heavy atom. The highest BCUT2D eigenvalue weighted by molar-refractivity contribution is 5.35. The van der Waals surface area contributed by atoms with Crippen LogP contribution >= 0.6 is 0 Å². The van der Waals surface area contributed by atoms with Crippen LogP contribution in [-0.2, 0) is 20.1 Å². The van der Waals surface area contributed by atoms with Gasteiger partial charge in [0.2, 0.25) is 5.88 Å². The smallest absolute Gasteiger partial charge is 0.222 e. The maximum absolute atomic E-state index is 6.04. The predicted molar refractivity (Wildman–Crippen MR) is 93.0 cm³/mol. The first-order valence-corrected chi connectivity index (χ1v) is 8.09. The molecule has 1 aromatic carbocycles. The number of aryl methyl sites for hydroxylation is 2. The number of nitrogens with one attached hydrogen (secondary N) is 1. The molecule has 0 saturated heterocycles. The Kier molecular flexibility index (Phi) is 4.96. The Morgan fingerprint density at radius 1 is 1.21 bits per heavy atom. The predicted octanol–water partition coefficient (Wildman–Crippen LogP) is 2.90. The van der Waals surface area contributed by atoms with Gasteiger partial charge in [-0.3, -0.25) is 4.68 Å². The third kappa shape index (κ3) is 3.83. The van der Waals surface area contributed by atoms with E-state index in [-0.39, 0.29) is 6.04 Å². The summed E-state index contributed by atoms with van der Waals surface area (Å²) in [7, 11) is 1.90. The van der Waals surface area contributed by atoms with Crippen LogP contribution in [0, 0.1) is 6.92 Å². The second-order valence-corrected chi connectivity index (χ2v) is 5.92. The van der Waals surface area contributed by atoms with Gasteiger partial charge in [-0.2, -0.15) is 10.2 Å². The van der Waals surface area contributed by atoms with Crippen molar-refractivity contribution in [1.29, 1.82) is 0 Å². The summed E-state index contributed by atoms with van der Waals surface area (Å²) in [6.45, 7) is 5.67. The highest BCUT2D eigenvalue weighted by Crippen LogP contribution is 2.27. The summed E-state index contributed by atoms with van der Waals surface area (Å²) in [5, 5.41) is 12.3. The van der Waals surface area contributed by atoms with Crippen LogP contribution in [0.3, 0.4) is 0 Å². The quantitative estimate of drug-likeness (QED) is 0.726. The molecule has 0 radical (unpaired) electrons. The lowest BCUT2D eigenvalue weighted by atomic mass is 10.2. The van der Waals surface area contributed by atoms with E-state index in [0.29, 0.717) is 6.54 Å². The van der Waals surface area contributed by atoms with Crippen LogP contribution in [0.4, 0.5) is 0 Å². The van der Waals surface area contributed by atoms with Crippen molar-refractivity contribution in [2.24, 2.45) is 7.05 Å². The number of nitrogens with zero attached hydrogens (tertiary/aromatic N) is 4. The molecule has 2 heterocycles. The Balaban J connectivity index is 1.68. The van der Waals surface area contributed by atoms with Crippen molar-refractivity contribution in [2.45, 2.75) is 33.0 Å². The Bertz CT molecular complexity index is 764. The van der Waals surface area contributed by atoms with Gasteiger partial charge in [0.05, 0.1) is 17.8 Å². The highest BCUT2D eigenvalue weighted by atomic mass is 16.5. The largest absolute Gasteiger partial charge is 0.439 e. The first-order chi connectivity index (χ1) is 11.6. The van der Waals surface area contributed by atoms with Gasteiger partial charge in [-0.05, 0) is 32.0 Å². The monoisotopic (exact) mass is 325 g/mol. The van der Waals surface area contributed by atoms with Crippen LogP contribution in [-0.4, -0.2) is 25.6 Å². The SMILES string of the molecule is Cc1nn(C)c(Oc2ccccc2)c1CN[C@@H](C)Cn1cccn1. The van der Waals surface area contributed by atoms with E-state index in [9.17, 15) is 0 Å². The van der Waals surface area contributed by atoms with E-state index in [2.05, 4.69) is 22.4 Å². The van der Waals surface area contributed by atoms with Crippen LogP contribution in [0.1, 0.15) is 18.2 Å². The van der Waals surface area contributed by atoms with Crippen LogP contribution in [0.15, 0.2) is 48.8 Å². The minimum Gasteiger partial charge on any atom is -0.439 e. The summed E-state index contributed by atoms with van der Waals surface area (Å²) in [6.07, 6.45) is 3.77. The molecule has 1 atom stereocenters. The molecule has 0 aliphatic rings. The molecule has 3 aromatic rings. The van der Waals surface area contributed by atoms with Gasteiger partial charge in [0.1, 0.15) is 5.75 Å². The zero-order valence-corrected chi connectivity index (χ0v) is 14.3. The lowest BCUT2D eigenvalue weighted by Gasteiger charge is -2.15. The molecule has 24 heavy (non-hydrogen) atoms. The molecule has 3 rings (SSSR count). The zero-order chi connectivity index (χ0) is 16.9. The van der Waals surface area contributed by atoms with E-state index < -0.39 is 0 Å². The lowest BCUT2D eigenvalue weighted by Crippen LogP contribution is -2.30. The van der Waals surface area contributed by atoms with Crippen molar-refractivity contribution >= 4 is 0 Å². The summed E-state index contributed by atoms with van der Waals surface area (Å²) in [5.74, 6) is 1.59. The van der Waals surface area contributed by atoms with Gasteiger partial charge < -0.3 is 10.1 Å². The van der Waals surface area contributed by atoms with E-state index in [1.165, 1.54) is 0 Å². The van der Waals surface area contributed by atoms with E-state index in [1.54, 1.807) is 10.9 Å². The molecule has 0 fully saturated rings. The first-order valence-electron chi connectivity index (χ1n) is 8.09. The Morgan fingerprint density at radius 3 is 2.71 bits per heavy atom. The molecule has 0 aliphatic carbocycles. The molecule has 0 aliphatic heterocycles. The number of hydrogen-bond donors (Lipinski definition) is 1. The second-order valence-electron chi connectivity index (χ2n) is 5.92. The molecule has 126 valence electrons. The number of benzene rings is 1. The van der Waals surface area contributed by atoms with Crippen molar-refractivity contribution in [3.05, 3.63) is 60.0 Å². The van der Waals surface area contributed by atoms with Gasteiger partial charge in [0.15, 0.2) is 0 Å². The molecular weight excluding hydrogens is 302 g/mol. The van der Waals surface area contributed by atoms with Gasteiger partial charge in [0, 0.05) is 32.0 Å². The summed E-state index contributed by atoms with van der Waals surface area (Å²) in [4.78, 5) is 0. The molecule has 0 unspecified atom stereocenters. The fraction of sp³-hybridized carbons (Fsp3) is 0.333. The summed E-state index contributed by atoms with van der Waals surface area (Å²) in [6, 6.07) is 12.0. The first kappa shape index (κ1) is 16.3. The number of rotatable bonds is 7. The van der Waals surface area contributed by atoms with Gasteiger partial charge in [-0.25, -0.2) is 4.68 Å². The Labute approximate surface area is 142 Å². The second kappa shape index (κ2) is 7.31. The normalized spacial score (nSPS) is 12.3. The highest BCUT2D eigenvalue weighted by Gasteiger charge is 2.16. The van der Waals surface area contributed by atoms with E-state index in [4.69, 9.17) is 4.74 Å². The average Bonchev–Trinajstić information content (AvgIpc) is 3.16. The van der Waals surface area contributed by atoms with Crippen molar-refractivity contribution in [2.75, 3.05) is 0 Å². The molecule has 6 nitrogen and oxygen atoms in total. The van der Waals surface area contributed by atoms with Crippen molar-refractivity contribution in [3.8, 4) is 11.6 Å². The van der Waals surface area contributed by atoms with Crippen LogP contribution < -0.4 is 10.1 Å². The zero-order valence-electron chi connectivity index (χ0n) is 14.3. The third-order valence-corrected chi connectivity index (χ3v) is 3.89. The van der Waals surface area contributed by atoms with Crippen molar-refractivity contribution < 1.29 is 4.74 Å². The maximum Gasteiger partial charge on any atom is 0.222 e. The van der Waals surface area contributed by atoms with E-state index in [0.717, 1.165) is 29.4 Å². The summed E-state index contributed by atoms with van der Waals surface area (Å²) in [5.41, 5.74) is 2.05. The van der Waals surface area contributed by atoms with Crippen LogP contribution in [0.5, 0.6) is 11.6 Å². The minimum absolute atomic E-state index is 0.286. The van der Waals surface area contributed by atoms with Gasteiger partial charge in [-0.15, -0.1) is 0 Å². The molecule has 6 heteroatoms. The topological polar surface area (TPSA) is 56.9 Å². The molecule has 0 amide bonds. The lowest BCUT2D eigenvalue weighted by molar-refractivity contribution is 0.414. The van der Waals surface area contributed by atoms with Crippen LogP contribution in [0.2, 0.25) is 0 Å². The van der Waals surface area contributed by atoms with E-state index in [1.807, 2.05) is 61.2 Å². The summed E-state index contributed by atoms with van der Waals surface area (Å²) >= 11 is 0. The third-order valence-electron chi connectivity index (χ3n) is 3.89. The van der Waals surface area contributed by atoms with E-state index >= 15 is 0 Å². The maximum atomic E-state index is 6.04. The number of ether oxygens (including phenoxy) is 1. The van der Waals surface area contributed by atoms with Crippen molar-refractivity contribution in [3.63, 3.8) is 0 Å². The molecule has 2 aromatic heterocycles. The molecule has 0 saturated carbocycles. The fourth-order valence-electron chi connectivity index (χ4n) is 2.64. The van der Waals surface area contributed by atoms with Gasteiger partial charge >= 0.3 is 0 Å². The van der Waals surface area contributed by atoms with Gasteiger partial charge in [-0.1, -0.05) is 18.2 Å². The number of para-hydroxylation sites is 1. The molecular formula is C18H23N5O. The molecule has 0 spiro atoms. The molecule has 1 N–H and O–H groups in total. The minimum atomic E-state index is 0.286. The van der Waals surface area contributed by atoms with Crippen molar-refractivity contribution in [1.82, 2.24) is 24.9 Å². The average molecular weight is 325 g/mol. The number of hydrogen-bond acceptors (Lipinski definition) is 4. The Hall–Kier alpha value is -2.60. The molecule has 0 bridgehead atoms. The van der Waals surface area contributed by atoms with Crippen LogP contribution in [0.25, 0.3) is 0 Å². The number of aromatic nitrogens is 4. The van der Waals surface area contributed by atoms with Gasteiger partial charge in [0.25, 0.3) is 0 Å². The fourth-order valence-corrected chi connectivity index (χ4v) is 2.64.